The van der Waals surface area contributed by atoms with E-state index in [-0.39, 0.29) is 11.5 Å². The van der Waals surface area contributed by atoms with E-state index in [4.69, 9.17) is 4.74 Å². The Kier molecular flexibility index (Phi) is 5.22. The highest BCUT2D eigenvalue weighted by Crippen LogP contribution is 2.34. The molecule has 0 bridgehead atoms. The summed E-state index contributed by atoms with van der Waals surface area (Å²) >= 11 is 0. The lowest BCUT2D eigenvalue weighted by Crippen LogP contribution is -2.03. The van der Waals surface area contributed by atoms with E-state index >= 15 is 0 Å². The average molecular weight is 340 g/mol. The molecule has 0 amide bonds. The highest BCUT2D eigenvalue weighted by atomic mass is 16.6. The SMILES string of the molecule is COc1cc(/C=C/C(=O)c2c(C)cc(C)cc2C)cc([N+](=O)[O-])c1[O-]. The molecule has 2 rings (SSSR count). The number of hydrogen-bond donors (Lipinski definition) is 0. The van der Waals surface area contributed by atoms with Gasteiger partial charge in [-0.3, -0.25) is 14.9 Å². The summed E-state index contributed by atoms with van der Waals surface area (Å²) in [4.78, 5) is 22.7. The molecule has 6 nitrogen and oxygen atoms in total. The van der Waals surface area contributed by atoms with Gasteiger partial charge in [-0.05, 0) is 49.6 Å². The Labute approximate surface area is 145 Å². The Hall–Kier alpha value is -3.15. The molecule has 0 fully saturated rings. The predicted octanol–water partition coefficient (Wildman–Crippen LogP) is 3.50. The smallest absolute Gasteiger partial charge is 0.266 e. The van der Waals surface area contributed by atoms with Gasteiger partial charge < -0.3 is 9.84 Å². The minimum atomic E-state index is -0.791. The van der Waals surface area contributed by atoms with Crippen molar-refractivity contribution in [3.8, 4) is 11.5 Å². The molecule has 2 aromatic carbocycles. The summed E-state index contributed by atoms with van der Waals surface area (Å²) in [5.74, 6) is -1.13. The molecule has 0 unspecified atom stereocenters. The minimum absolute atomic E-state index is 0.135. The van der Waals surface area contributed by atoms with Crippen LogP contribution in [0.1, 0.15) is 32.6 Å². The van der Waals surface area contributed by atoms with Gasteiger partial charge in [0.2, 0.25) is 0 Å². The van der Waals surface area contributed by atoms with Gasteiger partial charge in [-0.2, -0.15) is 0 Å². The van der Waals surface area contributed by atoms with Crippen molar-refractivity contribution >= 4 is 17.5 Å². The van der Waals surface area contributed by atoms with Crippen molar-refractivity contribution in [3.63, 3.8) is 0 Å². The number of methoxy groups -OCH3 is 1. The van der Waals surface area contributed by atoms with E-state index in [2.05, 4.69) is 0 Å². The first-order valence-electron chi connectivity index (χ1n) is 7.58. The van der Waals surface area contributed by atoms with Crippen LogP contribution in [0.2, 0.25) is 0 Å². The van der Waals surface area contributed by atoms with Crippen molar-refractivity contribution < 1.29 is 19.6 Å². The summed E-state index contributed by atoms with van der Waals surface area (Å²) in [6.07, 6.45) is 2.78. The van der Waals surface area contributed by atoms with Crippen molar-refractivity contribution in [2.75, 3.05) is 7.11 Å². The van der Waals surface area contributed by atoms with Crippen LogP contribution in [0.5, 0.6) is 11.5 Å². The average Bonchev–Trinajstić information content (AvgIpc) is 2.52. The van der Waals surface area contributed by atoms with Gasteiger partial charge in [-0.1, -0.05) is 23.8 Å². The van der Waals surface area contributed by atoms with Gasteiger partial charge in [-0.25, -0.2) is 0 Å². The van der Waals surface area contributed by atoms with Crippen LogP contribution >= 0.6 is 0 Å². The van der Waals surface area contributed by atoms with Crippen LogP contribution in [0, 0.1) is 30.9 Å². The van der Waals surface area contributed by atoms with E-state index in [1.807, 2.05) is 32.9 Å². The Bertz CT molecular complexity index is 861. The molecule has 2 aromatic rings. The zero-order valence-electron chi connectivity index (χ0n) is 14.5. The summed E-state index contributed by atoms with van der Waals surface area (Å²) in [6, 6.07) is 6.35. The number of nitro benzene ring substituents is 1. The van der Waals surface area contributed by atoms with E-state index in [1.165, 1.54) is 25.3 Å². The van der Waals surface area contributed by atoms with Gasteiger partial charge >= 0.3 is 0 Å². The molecule has 130 valence electrons. The third-order valence-corrected chi connectivity index (χ3v) is 3.82. The molecule has 0 aromatic heterocycles. The summed E-state index contributed by atoms with van der Waals surface area (Å²) in [7, 11) is 1.26. The highest BCUT2D eigenvalue weighted by molar-refractivity contribution is 6.08. The maximum absolute atomic E-state index is 12.5. The van der Waals surface area contributed by atoms with Crippen LogP contribution in [0.4, 0.5) is 5.69 Å². The fraction of sp³-hybridized carbons (Fsp3) is 0.211. The van der Waals surface area contributed by atoms with Crippen LogP contribution in [-0.2, 0) is 0 Å². The number of nitro groups is 1. The topological polar surface area (TPSA) is 92.5 Å². The van der Waals surface area contributed by atoms with Crippen molar-refractivity contribution in [3.05, 3.63) is 68.3 Å². The molecular weight excluding hydrogens is 322 g/mol. The molecular formula is C19H18NO5-. The van der Waals surface area contributed by atoms with Gasteiger partial charge in [-0.15, -0.1) is 0 Å². The first-order valence-corrected chi connectivity index (χ1v) is 7.58. The first-order chi connectivity index (χ1) is 11.7. The highest BCUT2D eigenvalue weighted by Gasteiger charge is 2.14. The van der Waals surface area contributed by atoms with Gasteiger partial charge in [0, 0.05) is 17.4 Å². The molecule has 0 radical (unpaired) electrons. The van der Waals surface area contributed by atoms with E-state index in [9.17, 15) is 20.0 Å². The molecule has 0 heterocycles. The van der Waals surface area contributed by atoms with Crippen LogP contribution < -0.4 is 9.84 Å². The Balaban J connectivity index is 2.41. The molecule has 25 heavy (non-hydrogen) atoms. The number of nitrogens with zero attached hydrogens (tertiary/aromatic N) is 1. The number of ketones is 1. The van der Waals surface area contributed by atoms with Crippen molar-refractivity contribution in [2.45, 2.75) is 20.8 Å². The maximum atomic E-state index is 12.5. The Morgan fingerprint density at radius 2 is 1.72 bits per heavy atom. The summed E-state index contributed by atoms with van der Waals surface area (Å²) < 4.78 is 4.88. The van der Waals surface area contributed by atoms with Crippen molar-refractivity contribution in [1.82, 2.24) is 0 Å². The predicted molar refractivity (Wildman–Crippen MR) is 93.1 cm³/mol. The monoisotopic (exact) mass is 340 g/mol. The molecule has 0 aliphatic carbocycles. The quantitative estimate of drug-likeness (QED) is 0.359. The van der Waals surface area contributed by atoms with Crippen molar-refractivity contribution in [2.24, 2.45) is 0 Å². The van der Waals surface area contributed by atoms with E-state index in [0.717, 1.165) is 22.8 Å². The minimum Gasteiger partial charge on any atom is -0.865 e. The number of ether oxygens (including phenoxy) is 1. The molecule has 0 aliphatic rings. The zero-order chi connectivity index (χ0) is 18.7. The standard InChI is InChI=1S/C19H19NO5/c1-11-7-12(2)18(13(3)8-11)16(21)6-5-14-9-15(20(23)24)19(22)17(10-14)25-4/h5-10,22H,1-4H3/p-1/b6-5+. The van der Waals surface area contributed by atoms with Gasteiger partial charge in [0.15, 0.2) is 5.78 Å². The lowest BCUT2D eigenvalue weighted by atomic mass is 9.96. The number of carbonyl (C=O) groups excluding carboxylic acids is 1. The maximum Gasteiger partial charge on any atom is 0.266 e. The molecule has 0 saturated heterocycles. The number of hydrogen-bond acceptors (Lipinski definition) is 5. The number of benzene rings is 2. The normalized spacial score (nSPS) is 10.9. The molecule has 0 aliphatic heterocycles. The molecule has 6 heteroatoms. The van der Waals surface area contributed by atoms with E-state index in [0.29, 0.717) is 11.1 Å². The second kappa shape index (κ2) is 7.17. The number of carbonyl (C=O) groups is 1. The molecule has 0 saturated carbocycles. The molecule has 0 spiro atoms. The number of allylic oxidation sites excluding steroid dienone is 1. The Morgan fingerprint density at radius 1 is 1.12 bits per heavy atom. The zero-order valence-corrected chi connectivity index (χ0v) is 14.5. The third-order valence-electron chi connectivity index (χ3n) is 3.82. The second-order valence-electron chi connectivity index (χ2n) is 5.80. The number of aryl methyl sites for hydroxylation is 3. The lowest BCUT2D eigenvalue weighted by molar-refractivity contribution is -0.398. The van der Waals surface area contributed by atoms with Crippen LogP contribution in [0.25, 0.3) is 6.08 Å². The van der Waals surface area contributed by atoms with E-state index in [1.54, 1.807) is 0 Å². The van der Waals surface area contributed by atoms with E-state index < -0.39 is 16.4 Å². The van der Waals surface area contributed by atoms with Crippen LogP contribution in [0.15, 0.2) is 30.3 Å². The van der Waals surface area contributed by atoms with Gasteiger partial charge in [0.25, 0.3) is 5.69 Å². The third kappa shape index (κ3) is 3.85. The van der Waals surface area contributed by atoms with Gasteiger partial charge in [0.1, 0.15) is 5.75 Å². The molecule has 0 N–H and O–H groups in total. The fourth-order valence-electron chi connectivity index (χ4n) is 2.82. The lowest BCUT2D eigenvalue weighted by Gasteiger charge is -2.13. The fourth-order valence-corrected chi connectivity index (χ4v) is 2.82. The first kappa shape index (κ1) is 18.2. The summed E-state index contributed by atoms with van der Waals surface area (Å²) in [5.41, 5.74) is 3.16. The van der Waals surface area contributed by atoms with Gasteiger partial charge in [0.05, 0.1) is 12.0 Å². The van der Waals surface area contributed by atoms with Crippen LogP contribution in [-0.4, -0.2) is 17.8 Å². The Morgan fingerprint density at radius 3 is 2.24 bits per heavy atom. The van der Waals surface area contributed by atoms with Crippen molar-refractivity contribution in [1.29, 1.82) is 0 Å². The summed E-state index contributed by atoms with van der Waals surface area (Å²) in [6.45, 7) is 5.68. The van der Waals surface area contributed by atoms with Crippen LogP contribution in [0.3, 0.4) is 0 Å². The second-order valence-corrected chi connectivity index (χ2v) is 5.80. The largest absolute Gasteiger partial charge is 0.865 e. The summed E-state index contributed by atoms with van der Waals surface area (Å²) in [5, 5.41) is 22.8. The molecule has 0 atom stereocenters. The number of rotatable bonds is 5.